The van der Waals surface area contributed by atoms with E-state index in [1.54, 1.807) is 0 Å². The van der Waals surface area contributed by atoms with Crippen LogP contribution in [-0.4, -0.2) is 22.9 Å². The average molecular weight is 239 g/mol. The van der Waals surface area contributed by atoms with Gasteiger partial charge in [-0.3, -0.25) is 0 Å². The van der Waals surface area contributed by atoms with Crippen molar-refractivity contribution >= 4 is 0 Å². The highest BCUT2D eigenvalue weighted by Crippen LogP contribution is 2.35. The Morgan fingerprint density at radius 2 is 2.24 bits per heavy atom. The van der Waals surface area contributed by atoms with E-state index >= 15 is 0 Å². The summed E-state index contributed by atoms with van der Waals surface area (Å²) in [7, 11) is 0. The topological polar surface area (TPSA) is 74.2 Å². The molecule has 1 fully saturated rings. The minimum atomic E-state index is -0.685. The molecule has 1 aliphatic carbocycles. The Labute approximate surface area is 102 Å². The van der Waals surface area contributed by atoms with E-state index < -0.39 is 5.54 Å². The monoisotopic (exact) mass is 239 g/mol. The van der Waals surface area contributed by atoms with Gasteiger partial charge in [0.15, 0.2) is 5.82 Å². The predicted molar refractivity (Wildman–Crippen MR) is 63.5 cm³/mol. The fraction of sp³-hybridized carbons (Fsp3) is 0.833. The van der Waals surface area contributed by atoms with Crippen LogP contribution < -0.4 is 5.73 Å². The molecule has 1 saturated carbocycles. The van der Waals surface area contributed by atoms with Gasteiger partial charge in [0.05, 0.1) is 12.7 Å². The Bertz CT molecular complexity index is 370. The smallest absolute Gasteiger partial charge is 0.229 e. The van der Waals surface area contributed by atoms with Crippen LogP contribution >= 0.6 is 0 Å². The molecule has 96 valence electrons. The molecule has 17 heavy (non-hydrogen) atoms. The molecule has 0 aromatic carbocycles. The maximum atomic E-state index is 6.15. The summed E-state index contributed by atoms with van der Waals surface area (Å²) in [6.07, 6.45) is 3.69. The molecule has 1 unspecified atom stereocenters. The van der Waals surface area contributed by atoms with Crippen LogP contribution in [-0.2, 0) is 10.3 Å². The zero-order valence-corrected chi connectivity index (χ0v) is 10.8. The van der Waals surface area contributed by atoms with Gasteiger partial charge in [-0.1, -0.05) is 11.6 Å². The Hall–Kier alpha value is -0.940. The van der Waals surface area contributed by atoms with E-state index in [4.69, 9.17) is 15.0 Å². The minimum Gasteiger partial charge on any atom is -0.376 e. The normalized spacial score (nSPS) is 20.3. The van der Waals surface area contributed by atoms with Gasteiger partial charge in [0.25, 0.3) is 0 Å². The Kier molecular flexibility index (Phi) is 3.49. The number of nitrogens with zero attached hydrogens (tertiary/aromatic N) is 2. The molecule has 1 atom stereocenters. The summed E-state index contributed by atoms with van der Waals surface area (Å²) in [4.78, 5) is 4.40. The molecule has 1 heterocycles. The van der Waals surface area contributed by atoms with Crippen LogP contribution in [0, 0.1) is 0 Å². The number of aromatic nitrogens is 2. The summed E-state index contributed by atoms with van der Waals surface area (Å²) in [5.41, 5.74) is 5.46. The molecule has 5 nitrogen and oxygen atoms in total. The number of hydrogen-bond acceptors (Lipinski definition) is 5. The standard InChI is InChI=1S/C12H21N3O2/c1-8(2)16-7-12(3,13)11-14-10(17-15-11)9-5-4-6-9/h8-9H,4-7,13H2,1-3H3. The van der Waals surface area contributed by atoms with Gasteiger partial charge in [-0.15, -0.1) is 0 Å². The SMILES string of the molecule is CC(C)OCC(C)(N)c1noc(C2CCC2)n1. The molecular formula is C12H21N3O2. The molecule has 2 rings (SSSR count). The van der Waals surface area contributed by atoms with Crippen molar-refractivity contribution in [3.05, 3.63) is 11.7 Å². The van der Waals surface area contributed by atoms with Crippen molar-refractivity contribution in [3.8, 4) is 0 Å². The first kappa shape index (κ1) is 12.5. The largest absolute Gasteiger partial charge is 0.376 e. The van der Waals surface area contributed by atoms with Gasteiger partial charge in [-0.05, 0) is 33.6 Å². The third-order valence-corrected chi connectivity index (χ3v) is 3.12. The highest BCUT2D eigenvalue weighted by atomic mass is 16.5. The van der Waals surface area contributed by atoms with E-state index in [0.717, 1.165) is 18.7 Å². The molecule has 0 radical (unpaired) electrons. The number of rotatable bonds is 5. The summed E-state index contributed by atoms with van der Waals surface area (Å²) in [5.74, 6) is 1.71. The molecular weight excluding hydrogens is 218 g/mol. The van der Waals surface area contributed by atoms with Gasteiger partial charge < -0.3 is 15.0 Å². The molecule has 5 heteroatoms. The third kappa shape index (κ3) is 2.84. The molecule has 1 aromatic rings. The van der Waals surface area contributed by atoms with E-state index in [0.29, 0.717) is 18.3 Å². The van der Waals surface area contributed by atoms with Crippen LogP contribution in [0.5, 0.6) is 0 Å². The highest BCUT2D eigenvalue weighted by Gasteiger charge is 2.31. The Morgan fingerprint density at radius 3 is 2.76 bits per heavy atom. The Balaban J connectivity index is 2.01. The molecule has 0 aliphatic heterocycles. The number of ether oxygens (including phenoxy) is 1. The molecule has 0 amide bonds. The van der Waals surface area contributed by atoms with Crippen molar-refractivity contribution in [2.75, 3.05) is 6.61 Å². The quantitative estimate of drug-likeness (QED) is 0.849. The zero-order chi connectivity index (χ0) is 12.5. The van der Waals surface area contributed by atoms with Crippen LogP contribution in [0.4, 0.5) is 0 Å². The molecule has 1 aliphatic rings. The van der Waals surface area contributed by atoms with Crippen LogP contribution in [0.3, 0.4) is 0 Å². The van der Waals surface area contributed by atoms with Gasteiger partial charge in [0.1, 0.15) is 5.54 Å². The van der Waals surface area contributed by atoms with Crippen molar-refractivity contribution in [3.63, 3.8) is 0 Å². The number of hydrogen-bond donors (Lipinski definition) is 1. The number of nitrogens with two attached hydrogens (primary N) is 1. The summed E-state index contributed by atoms with van der Waals surface area (Å²) >= 11 is 0. The molecule has 0 bridgehead atoms. The first-order chi connectivity index (χ1) is 7.99. The first-order valence-corrected chi connectivity index (χ1v) is 6.23. The maximum absolute atomic E-state index is 6.15. The van der Waals surface area contributed by atoms with Gasteiger partial charge in [-0.2, -0.15) is 4.98 Å². The fourth-order valence-electron chi connectivity index (χ4n) is 1.69. The molecule has 2 N–H and O–H groups in total. The van der Waals surface area contributed by atoms with Gasteiger partial charge >= 0.3 is 0 Å². The van der Waals surface area contributed by atoms with E-state index in [-0.39, 0.29) is 6.10 Å². The second-order valence-corrected chi connectivity index (χ2v) is 5.36. The summed E-state index contributed by atoms with van der Waals surface area (Å²) in [6, 6.07) is 0. The lowest BCUT2D eigenvalue weighted by Crippen LogP contribution is -2.40. The van der Waals surface area contributed by atoms with E-state index in [2.05, 4.69) is 10.1 Å². The molecule has 0 spiro atoms. The predicted octanol–water partition coefficient (Wildman–Crippen LogP) is 1.94. The van der Waals surface area contributed by atoms with Gasteiger partial charge in [0, 0.05) is 5.92 Å². The molecule has 1 aromatic heterocycles. The van der Waals surface area contributed by atoms with Gasteiger partial charge in [-0.25, -0.2) is 0 Å². The maximum Gasteiger partial charge on any atom is 0.229 e. The van der Waals surface area contributed by atoms with Crippen molar-refractivity contribution in [2.45, 2.75) is 57.6 Å². The summed E-state index contributed by atoms with van der Waals surface area (Å²) in [6.45, 7) is 6.22. The third-order valence-electron chi connectivity index (χ3n) is 3.12. The van der Waals surface area contributed by atoms with Crippen LogP contribution in [0.2, 0.25) is 0 Å². The fourth-order valence-corrected chi connectivity index (χ4v) is 1.69. The highest BCUT2D eigenvalue weighted by molar-refractivity contribution is 5.05. The van der Waals surface area contributed by atoms with Gasteiger partial charge in [0.2, 0.25) is 5.89 Å². The lowest BCUT2D eigenvalue weighted by Gasteiger charge is -2.22. The lowest BCUT2D eigenvalue weighted by molar-refractivity contribution is 0.0410. The van der Waals surface area contributed by atoms with Crippen molar-refractivity contribution in [1.82, 2.24) is 10.1 Å². The van der Waals surface area contributed by atoms with Crippen molar-refractivity contribution in [1.29, 1.82) is 0 Å². The summed E-state index contributed by atoms with van der Waals surface area (Å²) in [5, 5.41) is 3.98. The average Bonchev–Trinajstić information content (AvgIpc) is 2.62. The van der Waals surface area contributed by atoms with E-state index in [1.807, 2.05) is 20.8 Å². The lowest BCUT2D eigenvalue weighted by atomic mass is 9.85. The van der Waals surface area contributed by atoms with Crippen molar-refractivity contribution in [2.24, 2.45) is 5.73 Å². The van der Waals surface area contributed by atoms with Crippen LogP contribution in [0.1, 0.15) is 57.7 Å². The van der Waals surface area contributed by atoms with Crippen LogP contribution in [0.25, 0.3) is 0 Å². The van der Waals surface area contributed by atoms with E-state index in [1.165, 1.54) is 6.42 Å². The van der Waals surface area contributed by atoms with Crippen molar-refractivity contribution < 1.29 is 9.26 Å². The Morgan fingerprint density at radius 1 is 1.53 bits per heavy atom. The second-order valence-electron chi connectivity index (χ2n) is 5.36. The summed E-state index contributed by atoms with van der Waals surface area (Å²) < 4.78 is 10.8. The second kappa shape index (κ2) is 4.74. The first-order valence-electron chi connectivity index (χ1n) is 6.23. The van der Waals surface area contributed by atoms with E-state index in [9.17, 15) is 0 Å². The molecule has 0 saturated heterocycles. The zero-order valence-electron chi connectivity index (χ0n) is 10.8. The minimum absolute atomic E-state index is 0.149. The van der Waals surface area contributed by atoms with Crippen LogP contribution in [0.15, 0.2) is 4.52 Å².